The molecule has 1 aliphatic rings. The van der Waals surface area contributed by atoms with Gasteiger partial charge in [0.05, 0.1) is 16.8 Å². The summed E-state index contributed by atoms with van der Waals surface area (Å²) in [5.41, 5.74) is 8.05. The van der Waals surface area contributed by atoms with Crippen molar-refractivity contribution < 1.29 is 9.59 Å². The molecule has 0 atom stereocenters. The van der Waals surface area contributed by atoms with Crippen molar-refractivity contribution in [3.05, 3.63) is 58.1 Å². The molecule has 1 aliphatic heterocycles. The van der Waals surface area contributed by atoms with Gasteiger partial charge in [0.15, 0.2) is 5.11 Å². The fraction of sp³-hybridized carbons (Fsp3) is 0.0625. The Bertz CT molecular complexity index is 866. The lowest BCUT2D eigenvalue weighted by molar-refractivity contribution is 0.0926. The number of nitrogens with one attached hydrogen (secondary N) is 1. The first kappa shape index (κ1) is 15.5. The van der Waals surface area contributed by atoms with Crippen LogP contribution in [0.4, 0.5) is 11.4 Å². The summed E-state index contributed by atoms with van der Waals surface area (Å²) in [4.78, 5) is 26.3. The van der Waals surface area contributed by atoms with Gasteiger partial charge in [-0.1, -0.05) is 11.6 Å². The molecule has 3 rings (SSSR count). The van der Waals surface area contributed by atoms with Gasteiger partial charge in [0.2, 0.25) is 0 Å². The van der Waals surface area contributed by atoms with E-state index >= 15 is 0 Å². The van der Waals surface area contributed by atoms with Crippen molar-refractivity contribution in [2.75, 3.05) is 10.2 Å². The zero-order valence-corrected chi connectivity index (χ0v) is 13.7. The molecule has 2 aromatic carbocycles. The molecule has 2 amide bonds. The van der Waals surface area contributed by atoms with Crippen LogP contribution in [0.3, 0.4) is 0 Å². The molecule has 0 bridgehead atoms. The van der Waals surface area contributed by atoms with Gasteiger partial charge >= 0.3 is 0 Å². The number of amides is 2. The first-order valence-corrected chi connectivity index (χ1v) is 7.52. The molecule has 5 nitrogen and oxygen atoms in total. The fourth-order valence-corrected chi connectivity index (χ4v) is 2.85. The topological polar surface area (TPSA) is 75.4 Å². The monoisotopic (exact) mass is 345 g/mol. The van der Waals surface area contributed by atoms with Crippen molar-refractivity contribution in [3.8, 4) is 0 Å². The van der Waals surface area contributed by atoms with Crippen molar-refractivity contribution in [2.24, 2.45) is 5.73 Å². The molecule has 0 radical (unpaired) electrons. The third-order valence-electron chi connectivity index (χ3n) is 3.55. The van der Waals surface area contributed by atoms with Gasteiger partial charge in [-0.2, -0.15) is 0 Å². The Kier molecular flexibility index (Phi) is 3.79. The highest BCUT2D eigenvalue weighted by Crippen LogP contribution is 2.32. The molecule has 0 saturated carbocycles. The predicted molar refractivity (Wildman–Crippen MR) is 94.2 cm³/mol. The van der Waals surface area contributed by atoms with Gasteiger partial charge in [-0.25, -0.2) is 4.90 Å². The number of benzene rings is 2. The number of carbonyl (C=O) groups excluding carboxylic acids is 2. The van der Waals surface area contributed by atoms with Crippen molar-refractivity contribution >= 4 is 52.1 Å². The van der Waals surface area contributed by atoms with Crippen LogP contribution < -0.4 is 16.0 Å². The number of nitrogens with zero attached hydrogens (tertiary/aromatic N) is 1. The quantitative estimate of drug-likeness (QED) is 0.646. The number of hydrogen-bond acceptors (Lipinski definition) is 3. The van der Waals surface area contributed by atoms with Crippen LogP contribution in [0, 0.1) is 6.92 Å². The Labute approximate surface area is 143 Å². The Morgan fingerprint density at radius 1 is 1.13 bits per heavy atom. The Morgan fingerprint density at radius 3 is 2.48 bits per heavy atom. The molecule has 0 aromatic heterocycles. The van der Waals surface area contributed by atoms with Crippen LogP contribution in [-0.2, 0) is 0 Å². The molecule has 23 heavy (non-hydrogen) atoms. The van der Waals surface area contributed by atoms with Gasteiger partial charge in [-0.15, -0.1) is 0 Å². The molecule has 1 heterocycles. The van der Waals surface area contributed by atoms with Gasteiger partial charge in [-0.05, 0) is 61.1 Å². The van der Waals surface area contributed by atoms with Crippen molar-refractivity contribution in [1.82, 2.24) is 0 Å². The van der Waals surface area contributed by atoms with Gasteiger partial charge in [0.1, 0.15) is 0 Å². The number of rotatable bonds is 2. The normalized spacial score (nSPS) is 13.2. The second kappa shape index (κ2) is 5.64. The summed E-state index contributed by atoms with van der Waals surface area (Å²) in [6.07, 6.45) is 0. The Morgan fingerprint density at radius 2 is 1.83 bits per heavy atom. The molecule has 116 valence electrons. The fourth-order valence-electron chi connectivity index (χ4n) is 2.56. The van der Waals surface area contributed by atoms with Gasteiger partial charge in [0, 0.05) is 10.7 Å². The van der Waals surface area contributed by atoms with Crippen LogP contribution in [0.25, 0.3) is 0 Å². The van der Waals surface area contributed by atoms with Crippen LogP contribution in [0.2, 0.25) is 5.02 Å². The summed E-state index contributed by atoms with van der Waals surface area (Å²) >= 11 is 10.7. The Balaban J connectivity index is 2.02. The molecular formula is C16H12ClN3O2S. The number of aryl methyl sites for hydroxylation is 1. The minimum absolute atomic E-state index is 0.146. The summed E-state index contributed by atoms with van der Waals surface area (Å²) in [6, 6.07) is 9.82. The number of halogens is 1. The SMILES string of the molecule is Cc1cc(NC(N)=S)ccc1N1C(=O)c2ccc(Cl)cc2C1=O. The van der Waals surface area contributed by atoms with Crippen LogP contribution in [0.1, 0.15) is 26.3 Å². The Hall–Kier alpha value is -2.44. The first-order valence-electron chi connectivity index (χ1n) is 6.74. The van der Waals surface area contributed by atoms with Crippen LogP contribution in [0.15, 0.2) is 36.4 Å². The van der Waals surface area contributed by atoms with Crippen molar-refractivity contribution in [1.29, 1.82) is 0 Å². The zero-order valence-electron chi connectivity index (χ0n) is 12.1. The van der Waals surface area contributed by atoms with E-state index in [2.05, 4.69) is 5.32 Å². The molecule has 0 spiro atoms. The number of nitrogens with two attached hydrogens (primary N) is 1. The molecule has 0 aliphatic carbocycles. The number of fused-ring (bicyclic) bond motifs is 1. The summed E-state index contributed by atoms with van der Waals surface area (Å²) in [7, 11) is 0. The highest BCUT2D eigenvalue weighted by molar-refractivity contribution is 7.80. The van der Waals surface area contributed by atoms with E-state index in [1.165, 1.54) is 6.07 Å². The molecule has 2 aromatic rings. The third kappa shape index (κ3) is 2.67. The smallest absolute Gasteiger partial charge is 0.266 e. The van der Waals surface area contributed by atoms with Gasteiger partial charge in [-0.3, -0.25) is 9.59 Å². The standard InChI is InChI=1S/C16H12ClN3O2S/c1-8-6-10(19-16(18)23)3-5-13(8)20-14(21)11-4-2-9(17)7-12(11)15(20)22/h2-7H,1H3,(H3,18,19,23). The maximum atomic E-state index is 12.6. The highest BCUT2D eigenvalue weighted by atomic mass is 35.5. The summed E-state index contributed by atoms with van der Waals surface area (Å²) in [5, 5.41) is 3.38. The van der Waals surface area contributed by atoms with E-state index < -0.39 is 0 Å². The summed E-state index contributed by atoms with van der Waals surface area (Å²) < 4.78 is 0. The number of carbonyl (C=O) groups is 2. The largest absolute Gasteiger partial charge is 0.376 e. The van der Waals surface area contributed by atoms with E-state index in [-0.39, 0.29) is 16.9 Å². The van der Waals surface area contributed by atoms with E-state index in [1.807, 2.05) is 0 Å². The van der Waals surface area contributed by atoms with Crippen molar-refractivity contribution in [2.45, 2.75) is 6.92 Å². The van der Waals surface area contributed by atoms with Crippen LogP contribution in [-0.4, -0.2) is 16.9 Å². The van der Waals surface area contributed by atoms with Gasteiger partial charge < -0.3 is 11.1 Å². The van der Waals surface area contributed by atoms with Crippen molar-refractivity contribution in [3.63, 3.8) is 0 Å². The summed E-state index contributed by atoms with van der Waals surface area (Å²) in [6.45, 7) is 1.80. The number of hydrogen-bond donors (Lipinski definition) is 2. The highest BCUT2D eigenvalue weighted by Gasteiger charge is 2.37. The zero-order chi connectivity index (χ0) is 16.7. The minimum atomic E-state index is -0.384. The number of anilines is 2. The summed E-state index contributed by atoms with van der Waals surface area (Å²) in [5.74, 6) is -0.745. The minimum Gasteiger partial charge on any atom is -0.376 e. The number of imide groups is 1. The molecule has 7 heteroatoms. The second-order valence-electron chi connectivity index (χ2n) is 5.13. The van der Waals surface area contributed by atoms with E-state index in [0.717, 1.165) is 10.5 Å². The van der Waals surface area contributed by atoms with E-state index in [1.54, 1.807) is 37.3 Å². The van der Waals surface area contributed by atoms with Gasteiger partial charge in [0.25, 0.3) is 11.8 Å². The second-order valence-corrected chi connectivity index (χ2v) is 6.00. The van der Waals surface area contributed by atoms with Crippen LogP contribution in [0.5, 0.6) is 0 Å². The maximum Gasteiger partial charge on any atom is 0.266 e. The molecule has 0 saturated heterocycles. The average Bonchev–Trinajstić information content (AvgIpc) is 2.71. The number of thiocarbonyl (C=S) groups is 1. The van der Waals surface area contributed by atoms with E-state index in [0.29, 0.717) is 27.5 Å². The lowest BCUT2D eigenvalue weighted by Crippen LogP contribution is -2.30. The lowest BCUT2D eigenvalue weighted by Gasteiger charge is -2.17. The maximum absolute atomic E-state index is 12.6. The molecule has 0 fully saturated rings. The average molecular weight is 346 g/mol. The third-order valence-corrected chi connectivity index (χ3v) is 3.89. The molecule has 3 N–H and O–H groups in total. The van der Waals surface area contributed by atoms with Crippen LogP contribution >= 0.6 is 23.8 Å². The van der Waals surface area contributed by atoms with E-state index in [4.69, 9.17) is 29.6 Å². The lowest BCUT2D eigenvalue weighted by atomic mass is 10.1. The van der Waals surface area contributed by atoms with E-state index in [9.17, 15) is 9.59 Å². The first-order chi connectivity index (χ1) is 10.9. The predicted octanol–water partition coefficient (Wildman–Crippen LogP) is 3.10. The molecule has 0 unspecified atom stereocenters. The molecular weight excluding hydrogens is 334 g/mol.